The SMILES string of the molecule is Cl.NCc1cc(NC(=O)C2CC2)cc(C(F)(F)F)c1. The molecule has 3 N–H and O–H groups in total. The zero-order valence-corrected chi connectivity index (χ0v) is 10.8. The number of alkyl halides is 3. The van der Waals surface area contributed by atoms with Crippen molar-refractivity contribution in [1.82, 2.24) is 0 Å². The largest absolute Gasteiger partial charge is 0.416 e. The highest BCUT2D eigenvalue weighted by Gasteiger charge is 2.32. The van der Waals surface area contributed by atoms with E-state index in [1.807, 2.05) is 0 Å². The molecule has 1 aliphatic carbocycles. The molecule has 106 valence electrons. The number of benzene rings is 1. The molecule has 0 aromatic heterocycles. The Hall–Kier alpha value is -1.27. The maximum atomic E-state index is 12.6. The molecule has 1 aromatic carbocycles. The Morgan fingerprint density at radius 2 is 1.95 bits per heavy atom. The van der Waals surface area contributed by atoms with Crippen LogP contribution < -0.4 is 11.1 Å². The van der Waals surface area contributed by atoms with E-state index in [4.69, 9.17) is 5.73 Å². The fourth-order valence-electron chi connectivity index (χ4n) is 1.64. The molecule has 0 bridgehead atoms. The molecule has 0 heterocycles. The Morgan fingerprint density at radius 1 is 1.32 bits per heavy atom. The Morgan fingerprint density at radius 3 is 2.42 bits per heavy atom. The van der Waals surface area contributed by atoms with Crippen molar-refractivity contribution in [3.05, 3.63) is 29.3 Å². The molecule has 0 radical (unpaired) electrons. The van der Waals surface area contributed by atoms with Crippen LogP contribution in [0.25, 0.3) is 0 Å². The third-order valence-corrected chi connectivity index (χ3v) is 2.77. The van der Waals surface area contributed by atoms with Crippen molar-refractivity contribution in [2.24, 2.45) is 11.7 Å². The van der Waals surface area contributed by atoms with Gasteiger partial charge in [0.1, 0.15) is 0 Å². The number of rotatable bonds is 3. The lowest BCUT2D eigenvalue weighted by atomic mass is 10.1. The van der Waals surface area contributed by atoms with Gasteiger partial charge in [-0.3, -0.25) is 4.79 Å². The minimum absolute atomic E-state index is 0. The summed E-state index contributed by atoms with van der Waals surface area (Å²) in [6, 6.07) is 3.39. The number of nitrogens with one attached hydrogen (secondary N) is 1. The minimum atomic E-state index is -4.44. The number of halogens is 4. The van der Waals surface area contributed by atoms with Gasteiger partial charge in [0.05, 0.1) is 5.56 Å². The second-order valence-electron chi connectivity index (χ2n) is 4.38. The summed E-state index contributed by atoms with van der Waals surface area (Å²) in [7, 11) is 0. The molecule has 0 aliphatic heterocycles. The summed E-state index contributed by atoms with van der Waals surface area (Å²) < 4.78 is 37.9. The molecule has 7 heteroatoms. The molecular formula is C12H14ClF3N2O. The van der Waals surface area contributed by atoms with Crippen molar-refractivity contribution >= 4 is 24.0 Å². The molecule has 1 fully saturated rings. The topological polar surface area (TPSA) is 55.1 Å². The highest BCUT2D eigenvalue weighted by Crippen LogP contribution is 2.33. The van der Waals surface area contributed by atoms with Gasteiger partial charge in [-0.1, -0.05) is 0 Å². The summed E-state index contributed by atoms with van der Waals surface area (Å²) in [4.78, 5) is 11.5. The molecular weight excluding hydrogens is 281 g/mol. The summed E-state index contributed by atoms with van der Waals surface area (Å²) in [5, 5.41) is 2.50. The van der Waals surface area contributed by atoms with Gasteiger partial charge in [-0.15, -0.1) is 12.4 Å². The fraction of sp³-hybridized carbons (Fsp3) is 0.417. The first-order valence-electron chi connectivity index (χ1n) is 5.62. The van der Waals surface area contributed by atoms with Crippen LogP contribution in [0.3, 0.4) is 0 Å². The Labute approximate surface area is 114 Å². The molecule has 1 aliphatic rings. The summed E-state index contributed by atoms with van der Waals surface area (Å²) >= 11 is 0. The molecule has 2 rings (SSSR count). The van der Waals surface area contributed by atoms with Gasteiger partial charge in [0, 0.05) is 18.2 Å². The smallest absolute Gasteiger partial charge is 0.326 e. The molecule has 0 saturated heterocycles. The van der Waals surface area contributed by atoms with Gasteiger partial charge >= 0.3 is 6.18 Å². The van der Waals surface area contributed by atoms with Crippen LogP contribution >= 0.6 is 12.4 Å². The van der Waals surface area contributed by atoms with Crippen molar-refractivity contribution in [3.63, 3.8) is 0 Å². The number of carbonyl (C=O) groups excluding carboxylic acids is 1. The van der Waals surface area contributed by atoms with E-state index in [1.165, 1.54) is 6.07 Å². The van der Waals surface area contributed by atoms with E-state index in [2.05, 4.69) is 5.32 Å². The highest BCUT2D eigenvalue weighted by molar-refractivity contribution is 5.94. The number of hydrogen-bond acceptors (Lipinski definition) is 2. The quantitative estimate of drug-likeness (QED) is 0.900. The van der Waals surface area contributed by atoms with Crippen LogP contribution in [0.15, 0.2) is 18.2 Å². The Kier molecular flexibility index (Phi) is 4.81. The number of amides is 1. The molecule has 1 saturated carbocycles. The molecule has 3 nitrogen and oxygen atoms in total. The average Bonchev–Trinajstić information content (AvgIpc) is 3.11. The van der Waals surface area contributed by atoms with Crippen molar-refractivity contribution in [2.45, 2.75) is 25.6 Å². The van der Waals surface area contributed by atoms with E-state index in [9.17, 15) is 18.0 Å². The number of anilines is 1. The third kappa shape index (κ3) is 4.11. The van der Waals surface area contributed by atoms with Gasteiger partial charge < -0.3 is 11.1 Å². The van der Waals surface area contributed by atoms with Crippen LogP contribution in [-0.4, -0.2) is 5.91 Å². The summed E-state index contributed by atoms with van der Waals surface area (Å²) in [5.41, 5.74) is 5.06. The first-order chi connectivity index (χ1) is 8.40. The molecule has 0 atom stereocenters. The zero-order chi connectivity index (χ0) is 13.3. The van der Waals surface area contributed by atoms with Crippen molar-refractivity contribution in [1.29, 1.82) is 0 Å². The van der Waals surface area contributed by atoms with Gasteiger partial charge in [-0.25, -0.2) is 0 Å². The summed E-state index contributed by atoms with van der Waals surface area (Å²) in [6.45, 7) is -0.00375. The van der Waals surface area contributed by atoms with Crippen LogP contribution in [0.5, 0.6) is 0 Å². The van der Waals surface area contributed by atoms with Crippen LogP contribution in [0.1, 0.15) is 24.0 Å². The second-order valence-corrected chi connectivity index (χ2v) is 4.38. The number of hydrogen-bond donors (Lipinski definition) is 2. The normalized spacial score (nSPS) is 14.7. The van der Waals surface area contributed by atoms with Gasteiger partial charge in [-0.2, -0.15) is 13.2 Å². The van der Waals surface area contributed by atoms with Crippen LogP contribution in [0, 0.1) is 5.92 Å². The predicted molar refractivity (Wildman–Crippen MR) is 67.9 cm³/mol. The van der Waals surface area contributed by atoms with E-state index >= 15 is 0 Å². The van der Waals surface area contributed by atoms with E-state index in [1.54, 1.807) is 0 Å². The van der Waals surface area contributed by atoms with Gasteiger partial charge in [0.25, 0.3) is 0 Å². The zero-order valence-electron chi connectivity index (χ0n) is 9.96. The maximum Gasteiger partial charge on any atom is 0.416 e. The lowest BCUT2D eigenvalue weighted by Crippen LogP contribution is -2.15. The summed E-state index contributed by atoms with van der Waals surface area (Å²) in [5.74, 6) is -0.279. The maximum absolute atomic E-state index is 12.6. The molecule has 1 aromatic rings. The van der Waals surface area contributed by atoms with Crippen molar-refractivity contribution in [3.8, 4) is 0 Å². The first kappa shape index (κ1) is 15.8. The minimum Gasteiger partial charge on any atom is -0.326 e. The Balaban J connectivity index is 0.00000180. The monoisotopic (exact) mass is 294 g/mol. The fourth-order valence-corrected chi connectivity index (χ4v) is 1.64. The third-order valence-electron chi connectivity index (χ3n) is 2.77. The van der Waals surface area contributed by atoms with Gasteiger partial charge in [0.15, 0.2) is 0 Å². The van der Waals surface area contributed by atoms with E-state index in [0.29, 0.717) is 5.56 Å². The van der Waals surface area contributed by atoms with Crippen LogP contribution in [0.4, 0.5) is 18.9 Å². The molecule has 0 unspecified atom stereocenters. The van der Waals surface area contributed by atoms with Gasteiger partial charge in [0.2, 0.25) is 5.91 Å². The number of carbonyl (C=O) groups is 1. The van der Waals surface area contributed by atoms with Crippen molar-refractivity contribution < 1.29 is 18.0 Å². The molecule has 1 amide bonds. The lowest BCUT2D eigenvalue weighted by Gasteiger charge is -2.12. The van der Waals surface area contributed by atoms with E-state index < -0.39 is 11.7 Å². The van der Waals surface area contributed by atoms with E-state index in [-0.39, 0.29) is 36.5 Å². The molecule has 0 spiro atoms. The number of nitrogens with two attached hydrogens (primary N) is 1. The van der Waals surface area contributed by atoms with Crippen LogP contribution in [0.2, 0.25) is 0 Å². The highest BCUT2D eigenvalue weighted by atomic mass is 35.5. The lowest BCUT2D eigenvalue weighted by molar-refractivity contribution is -0.137. The average molecular weight is 295 g/mol. The van der Waals surface area contributed by atoms with Crippen molar-refractivity contribution in [2.75, 3.05) is 5.32 Å². The van der Waals surface area contributed by atoms with Crippen LogP contribution in [-0.2, 0) is 17.5 Å². The standard InChI is InChI=1S/C12H13F3N2O.ClH/c13-12(14,15)9-3-7(6-16)4-10(5-9)17-11(18)8-1-2-8;/h3-5,8H,1-2,6,16H2,(H,17,18);1H. The van der Waals surface area contributed by atoms with Gasteiger partial charge in [-0.05, 0) is 36.6 Å². The second kappa shape index (κ2) is 5.79. The first-order valence-corrected chi connectivity index (χ1v) is 5.62. The van der Waals surface area contributed by atoms with E-state index in [0.717, 1.165) is 25.0 Å². The predicted octanol–water partition coefficient (Wildman–Crippen LogP) is 2.93. The summed E-state index contributed by atoms with van der Waals surface area (Å²) in [6.07, 6.45) is -2.84. The Bertz CT molecular complexity index is 473. The molecule has 19 heavy (non-hydrogen) atoms.